The third-order valence-electron chi connectivity index (χ3n) is 1.69. The Kier molecular flexibility index (Phi) is 3.12. The van der Waals surface area contributed by atoms with E-state index in [1.54, 1.807) is 7.11 Å². The molecule has 0 fully saturated rings. The van der Waals surface area contributed by atoms with Crippen LogP contribution >= 0.6 is 15.9 Å². The Morgan fingerprint density at radius 1 is 1.50 bits per heavy atom. The van der Waals surface area contributed by atoms with Crippen LogP contribution in [-0.2, 0) is 0 Å². The molecule has 0 radical (unpaired) electrons. The molecule has 2 nitrogen and oxygen atoms in total. The van der Waals surface area contributed by atoms with Crippen LogP contribution < -0.4 is 10.5 Å². The van der Waals surface area contributed by atoms with Crippen molar-refractivity contribution in [2.24, 2.45) is 5.73 Å². The molecule has 0 aromatic heterocycles. The molecular weight excluding hydrogens is 218 g/mol. The van der Waals surface area contributed by atoms with Crippen molar-refractivity contribution in [3.63, 3.8) is 0 Å². The van der Waals surface area contributed by atoms with Crippen molar-refractivity contribution in [1.29, 1.82) is 0 Å². The average molecular weight is 230 g/mol. The van der Waals surface area contributed by atoms with Crippen LogP contribution in [0.5, 0.6) is 5.75 Å². The molecule has 0 heterocycles. The van der Waals surface area contributed by atoms with Gasteiger partial charge >= 0.3 is 0 Å². The monoisotopic (exact) mass is 229 g/mol. The molecule has 1 aromatic carbocycles. The van der Waals surface area contributed by atoms with Gasteiger partial charge in [0.05, 0.1) is 11.6 Å². The van der Waals surface area contributed by atoms with Crippen LogP contribution in [0.15, 0.2) is 22.7 Å². The molecule has 0 amide bonds. The van der Waals surface area contributed by atoms with E-state index >= 15 is 0 Å². The summed E-state index contributed by atoms with van der Waals surface area (Å²) in [5.74, 6) is 0.826. The summed E-state index contributed by atoms with van der Waals surface area (Å²) in [6.07, 6.45) is 0. The zero-order valence-electron chi connectivity index (χ0n) is 7.17. The van der Waals surface area contributed by atoms with Gasteiger partial charge in [0, 0.05) is 11.6 Å². The molecule has 1 rings (SSSR count). The Balaban J connectivity index is 3.18. The number of hydrogen-bond donors (Lipinski definition) is 1. The molecule has 1 atom stereocenters. The summed E-state index contributed by atoms with van der Waals surface area (Å²) in [6.45, 7) is 1.93. The van der Waals surface area contributed by atoms with E-state index in [0.29, 0.717) is 0 Å². The van der Waals surface area contributed by atoms with Gasteiger partial charge in [-0.3, -0.25) is 0 Å². The highest BCUT2D eigenvalue weighted by Crippen LogP contribution is 2.31. The highest BCUT2D eigenvalue weighted by atomic mass is 79.9. The van der Waals surface area contributed by atoms with Gasteiger partial charge in [-0.25, -0.2) is 0 Å². The first-order valence-electron chi connectivity index (χ1n) is 3.74. The maximum atomic E-state index is 5.76. The van der Waals surface area contributed by atoms with Gasteiger partial charge < -0.3 is 10.5 Å². The van der Waals surface area contributed by atoms with Gasteiger partial charge in [0.1, 0.15) is 5.75 Å². The highest BCUT2D eigenvalue weighted by Gasteiger charge is 2.09. The molecule has 0 saturated heterocycles. The molecule has 0 aliphatic carbocycles. The Morgan fingerprint density at radius 3 is 2.58 bits per heavy atom. The van der Waals surface area contributed by atoms with Gasteiger partial charge in [-0.05, 0) is 28.9 Å². The standard InChI is InChI=1S/C9H12BrNO/c1-6(11)7-4-3-5-8(10)9(7)12-2/h3-6H,11H2,1-2H3. The van der Waals surface area contributed by atoms with Crippen LogP contribution in [0.2, 0.25) is 0 Å². The van der Waals surface area contributed by atoms with Gasteiger partial charge in [-0.1, -0.05) is 12.1 Å². The second kappa shape index (κ2) is 3.92. The van der Waals surface area contributed by atoms with Crippen molar-refractivity contribution >= 4 is 15.9 Å². The number of benzene rings is 1. The van der Waals surface area contributed by atoms with Crippen LogP contribution in [0.3, 0.4) is 0 Å². The van der Waals surface area contributed by atoms with Crippen molar-refractivity contribution in [3.8, 4) is 5.75 Å². The van der Waals surface area contributed by atoms with E-state index in [1.165, 1.54) is 0 Å². The Morgan fingerprint density at radius 2 is 2.17 bits per heavy atom. The lowest BCUT2D eigenvalue weighted by Crippen LogP contribution is -2.06. The van der Waals surface area contributed by atoms with Gasteiger partial charge in [0.2, 0.25) is 0 Å². The van der Waals surface area contributed by atoms with Crippen LogP contribution in [0.25, 0.3) is 0 Å². The number of nitrogens with two attached hydrogens (primary N) is 1. The van der Waals surface area contributed by atoms with E-state index in [-0.39, 0.29) is 6.04 Å². The fourth-order valence-corrected chi connectivity index (χ4v) is 1.64. The summed E-state index contributed by atoms with van der Waals surface area (Å²) in [7, 11) is 1.64. The first kappa shape index (κ1) is 9.55. The quantitative estimate of drug-likeness (QED) is 0.846. The predicted octanol–water partition coefficient (Wildman–Crippen LogP) is 2.48. The maximum absolute atomic E-state index is 5.76. The summed E-state index contributed by atoms with van der Waals surface area (Å²) >= 11 is 3.40. The van der Waals surface area contributed by atoms with E-state index in [0.717, 1.165) is 15.8 Å². The average Bonchev–Trinajstić information content (AvgIpc) is 2.03. The second-order valence-corrected chi connectivity index (χ2v) is 3.51. The maximum Gasteiger partial charge on any atom is 0.137 e. The topological polar surface area (TPSA) is 35.2 Å². The van der Waals surface area contributed by atoms with Gasteiger partial charge in [0.25, 0.3) is 0 Å². The van der Waals surface area contributed by atoms with Crippen LogP contribution in [0.1, 0.15) is 18.5 Å². The Labute approximate surface area is 80.8 Å². The number of hydrogen-bond acceptors (Lipinski definition) is 2. The summed E-state index contributed by atoms with van der Waals surface area (Å²) < 4.78 is 6.15. The molecule has 0 bridgehead atoms. The van der Waals surface area contributed by atoms with Crippen molar-refractivity contribution in [3.05, 3.63) is 28.2 Å². The van der Waals surface area contributed by atoms with E-state index in [9.17, 15) is 0 Å². The van der Waals surface area contributed by atoms with Crippen LogP contribution in [0, 0.1) is 0 Å². The molecule has 0 aliphatic rings. The number of rotatable bonds is 2. The largest absolute Gasteiger partial charge is 0.495 e. The molecule has 3 heteroatoms. The van der Waals surface area contributed by atoms with E-state index < -0.39 is 0 Å². The number of para-hydroxylation sites is 1. The SMILES string of the molecule is COc1c(Br)cccc1C(C)N. The van der Waals surface area contributed by atoms with E-state index in [1.807, 2.05) is 25.1 Å². The smallest absolute Gasteiger partial charge is 0.137 e. The molecule has 66 valence electrons. The first-order valence-corrected chi connectivity index (χ1v) is 4.54. The summed E-state index contributed by atoms with van der Waals surface area (Å²) in [5, 5.41) is 0. The molecule has 2 N–H and O–H groups in total. The second-order valence-electron chi connectivity index (χ2n) is 2.65. The summed E-state index contributed by atoms with van der Waals surface area (Å²) in [4.78, 5) is 0. The molecular formula is C9H12BrNO. The van der Waals surface area contributed by atoms with Crippen LogP contribution in [-0.4, -0.2) is 7.11 Å². The zero-order chi connectivity index (χ0) is 9.14. The molecule has 0 aliphatic heterocycles. The minimum Gasteiger partial charge on any atom is -0.495 e. The van der Waals surface area contributed by atoms with Crippen molar-refractivity contribution < 1.29 is 4.74 Å². The molecule has 0 saturated carbocycles. The minimum atomic E-state index is -0.00236. The minimum absolute atomic E-state index is 0.00236. The van der Waals surface area contributed by atoms with Gasteiger partial charge in [-0.2, -0.15) is 0 Å². The van der Waals surface area contributed by atoms with E-state index in [2.05, 4.69) is 15.9 Å². The van der Waals surface area contributed by atoms with Crippen molar-refractivity contribution in [2.75, 3.05) is 7.11 Å². The van der Waals surface area contributed by atoms with Gasteiger partial charge in [-0.15, -0.1) is 0 Å². The number of methoxy groups -OCH3 is 1. The molecule has 0 spiro atoms. The summed E-state index contributed by atoms with van der Waals surface area (Å²) in [5.41, 5.74) is 6.78. The molecule has 1 unspecified atom stereocenters. The highest BCUT2D eigenvalue weighted by molar-refractivity contribution is 9.10. The molecule has 1 aromatic rings. The zero-order valence-corrected chi connectivity index (χ0v) is 8.76. The predicted molar refractivity (Wildman–Crippen MR) is 53.3 cm³/mol. The van der Waals surface area contributed by atoms with Gasteiger partial charge in [0.15, 0.2) is 0 Å². The van der Waals surface area contributed by atoms with Crippen molar-refractivity contribution in [2.45, 2.75) is 13.0 Å². The lowest BCUT2D eigenvalue weighted by Gasteiger charge is -2.12. The lowest BCUT2D eigenvalue weighted by atomic mass is 10.1. The number of ether oxygens (including phenoxy) is 1. The Hall–Kier alpha value is -0.540. The third-order valence-corrected chi connectivity index (χ3v) is 2.32. The summed E-state index contributed by atoms with van der Waals surface area (Å²) in [6, 6.07) is 5.85. The first-order chi connectivity index (χ1) is 5.66. The molecule has 12 heavy (non-hydrogen) atoms. The van der Waals surface area contributed by atoms with E-state index in [4.69, 9.17) is 10.5 Å². The fraction of sp³-hybridized carbons (Fsp3) is 0.333. The van der Waals surface area contributed by atoms with Crippen molar-refractivity contribution in [1.82, 2.24) is 0 Å². The third kappa shape index (κ3) is 1.79. The fourth-order valence-electron chi connectivity index (χ4n) is 1.10. The van der Waals surface area contributed by atoms with Crippen LogP contribution in [0.4, 0.5) is 0 Å². The Bertz CT molecular complexity index is 273. The number of halogens is 1. The lowest BCUT2D eigenvalue weighted by molar-refractivity contribution is 0.404. The normalized spacial score (nSPS) is 12.7.